The number of hydrogen-bond donors (Lipinski definition) is 0. The summed E-state index contributed by atoms with van der Waals surface area (Å²) in [5.74, 6) is 2.59. The summed E-state index contributed by atoms with van der Waals surface area (Å²) in [5, 5.41) is 8.36. The van der Waals surface area contributed by atoms with Gasteiger partial charge in [-0.3, -0.25) is 4.90 Å². The van der Waals surface area contributed by atoms with Gasteiger partial charge in [0.05, 0.1) is 19.2 Å². The fourth-order valence-corrected chi connectivity index (χ4v) is 3.00. The van der Waals surface area contributed by atoms with Crippen molar-refractivity contribution >= 4 is 5.95 Å². The summed E-state index contributed by atoms with van der Waals surface area (Å²) < 4.78 is 11.2. The molecule has 0 spiro atoms. The van der Waals surface area contributed by atoms with Crippen LogP contribution in [0.4, 0.5) is 5.95 Å². The Hall–Kier alpha value is -3.00. The third kappa shape index (κ3) is 3.50. The molecule has 1 fully saturated rings. The molecule has 1 aliphatic heterocycles. The average molecular weight is 352 g/mol. The molecule has 0 atom stereocenters. The summed E-state index contributed by atoms with van der Waals surface area (Å²) in [4.78, 5) is 13.1. The highest BCUT2D eigenvalue weighted by Gasteiger charge is 2.21. The zero-order chi connectivity index (χ0) is 17.8. The van der Waals surface area contributed by atoms with Crippen LogP contribution in [0, 0.1) is 0 Å². The van der Waals surface area contributed by atoms with Crippen molar-refractivity contribution < 1.29 is 9.15 Å². The van der Waals surface area contributed by atoms with Crippen molar-refractivity contribution in [2.24, 2.45) is 0 Å². The number of hydrogen-bond acceptors (Lipinski definition) is 8. The smallest absolute Gasteiger partial charge is 0.251 e. The maximum absolute atomic E-state index is 5.84. The van der Waals surface area contributed by atoms with E-state index in [4.69, 9.17) is 9.15 Å². The molecule has 2 aromatic heterocycles. The molecule has 0 unspecified atom stereocenters. The highest BCUT2D eigenvalue weighted by atomic mass is 16.5. The van der Waals surface area contributed by atoms with Crippen molar-refractivity contribution in [3.05, 3.63) is 48.6 Å². The van der Waals surface area contributed by atoms with Gasteiger partial charge in [-0.1, -0.05) is 12.1 Å². The van der Waals surface area contributed by atoms with E-state index in [0.29, 0.717) is 18.3 Å². The summed E-state index contributed by atoms with van der Waals surface area (Å²) in [6.45, 7) is 4.16. The summed E-state index contributed by atoms with van der Waals surface area (Å²) in [6.07, 6.45) is 3.54. The number of benzene rings is 1. The van der Waals surface area contributed by atoms with Crippen LogP contribution in [0.25, 0.3) is 11.5 Å². The highest BCUT2D eigenvalue weighted by molar-refractivity contribution is 5.62. The molecule has 0 amide bonds. The number of methoxy groups -OCH3 is 1. The molecule has 8 nitrogen and oxygen atoms in total. The number of nitrogens with zero attached hydrogens (tertiary/aromatic N) is 6. The molecule has 0 saturated carbocycles. The van der Waals surface area contributed by atoms with Crippen LogP contribution in [0.5, 0.6) is 5.75 Å². The van der Waals surface area contributed by atoms with Crippen LogP contribution < -0.4 is 9.64 Å². The van der Waals surface area contributed by atoms with E-state index in [2.05, 4.69) is 30.0 Å². The SMILES string of the molecule is COc1ccccc1-c1nnc(CN2CCN(c3ncccn3)CC2)o1. The molecule has 3 aromatic rings. The molecule has 134 valence electrons. The van der Waals surface area contributed by atoms with Gasteiger partial charge in [-0.25, -0.2) is 9.97 Å². The Balaban J connectivity index is 1.38. The molecule has 3 heterocycles. The Morgan fingerprint density at radius 1 is 1.00 bits per heavy atom. The van der Waals surface area contributed by atoms with Crippen LogP contribution in [0.1, 0.15) is 5.89 Å². The minimum absolute atomic E-state index is 0.480. The molecule has 1 aliphatic rings. The lowest BCUT2D eigenvalue weighted by molar-refractivity contribution is 0.226. The van der Waals surface area contributed by atoms with Crippen LogP contribution in [0.2, 0.25) is 0 Å². The minimum atomic E-state index is 0.480. The predicted octanol–water partition coefficient (Wildman–Crippen LogP) is 1.86. The quantitative estimate of drug-likeness (QED) is 0.688. The predicted molar refractivity (Wildman–Crippen MR) is 95.8 cm³/mol. The molecule has 1 aromatic carbocycles. The van der Waals surface area contributed by atoms with E-state index in [1.54, 1.807) is 19.5 Å². The van der Waals surface area contributed by atoms with Crippen LogP contribution in [0.15, 0.2) is 47.1 Å². The first-order valence-electron chi connectivity index (χ1n) is 8.53. The number of anilines is 1. The van der Waals surface area contributed by atoms with Gasteiger partial charge in [0.25, 0.3) is 5.89 Å². The van der Waals surface area contributed by atoms with E-state index in [-0.39, 0.29) is 0 Å². The monoisotopic (exact) mass is 352 g/mol. The number of rotatable bonds is 5. The van der Waals surface area contributed by atoms with Crippen molar-refractivity contribution in [2.75, 3.05) is 38.2 Å². The second-order valence-electron chi connectivity index (χ2n) is 6.01. The van der Waals surface area contributed by atoms with Crippen molar-refractivity contribution in [1.82, 2.24) is 25.1 Å². The standard InChI is InChI=1S/C18H20N6O2/c1-25-15-6-3-2-5-14(15)17-22-21-16(26-17)13-23-9-11-24(12-10-23)18-19-7-4-8-20-18/h2-8H,9-13H2,1H3. The van der Waals surface area contributed by atoms with E-state index >= 15 is 0 Å². The first-order chi connectivity index (χ1) is 12.8. The van der Waals surface area contributed by atoms with Gasteiger partial charge < -0.3 is 14.1 Å². The molecule has 4 rings (SSSR count). The Bertz CT molecular complexity index is 846. The molecule has 8 heteroatoms. The molecule has 1 saturated heterocycles. The van der Waals surface area contributed by atoms with Crippen LogP contribution in [-0.2, 0) is 6.54 Å². The first-order valence-corrected chi connectivity index (χ1v) is 8.53. The average Bonchev–Trinajstić information content (AvgIpc) is 3.17. The molecule has 0 radical (unpaired) electrons. The normalized spacial score (nSPS) is 15.2. The lowest BCUT2D eigenvalue weighted by Gasteiger charge is -2.33. The zero-order valence-corrected chi connectivity index (χ0v) is 14.6. The number of piperazine rings is 1. The Morgan fingerprint density at radius 2 is 1.77 bits per heavy atom. The van der Waals surface area contributed by atoms with E-state index < -0.39 is 0 Å². The molecular formula is C18H20N6O2. The Morgan fingerprint density at radius 3 is 2.54 bits per heavy atom. The summed E-state index contributed by atoms with van der Waals surface area (Å²) >= 11 is 0. The maximum atomic E-state index is 5.84. The lowest BCUT2D eigenvalue weighted by Crippen LogP contribution is -2.46. The Labute approximate surface area is 151 Å². The second-order valence-corrected chi connectivity index (χ2v) is 6.01. The molecular weight excluding hydrogens is 332 g/mol. The van der Waals surface area contributed by atoms with E-state index in [0.717, 1.165) is 43.4 Å². The molecule has 0 bridgehead atoms. The van der Waals surface area contributed by atoms with Crippen molar-refractivity contribution in [3.63, 3.8) is 0 Å². The van der Waals surface area contributed by atoms with Gasteiger partial charge in [0.15, 0.2) is 0 Å². The topological polar surface area (TPSA) is 80.4 Å². The Kier molecular flexibility index (Phi) is 4.74. The highest BCUT2D eigenvalue weighted by Crippen LogP contribution is 2.28. The third-order valence-corrected chi connectivity index (χ3v) is 4.37. The van der Waals surface area contributed by atoms with E-state index in [9.17, 15) is 0 Å². The fourth-order valence-electron chi connectivity index (χ4n) is 3.00. The largest absolute Gasteiger partial charge is 0.496 e. The van der Waals surface area contributed by atoms with Gasteiger partial charge in [-0.2, -0.15) is 0 Å². The van der Waals surface area contributed by atoms with E-state index in [1.807, 2.05) is 30.3 Å². The number of aromatic nitrogens is 4. The van der Waals surface area contributed by atoms with E-state index in [1.165, 1.54) is 0 Å². The zero-order valence-electron chi connectivity index (χ0n) is 14.6. The molecule has 0 N–H and O–H groups in total. The summed E-state index contributed by atoms with van der Waals surface area (Å²) in [5.41, 5.74) is 0.805. The third-order valence-electron chi connectivity index (χ3n) is 4.37. The fraction of sp³-hybridized carbons (Fsp3) is 0.333. The van der Waals surface area contributed by atoms with Gasteiger partial charge in [0.2, 0.25) is 11.8 Å². The van der Waals surface area contributed by atoms with Gasteiger partial charge in [-0.15, -0.1) is 10.2 Å². The minimum Gasteiger partial charge on any atom is -0.496 e. The molecule has 26 heavy (non-hydrogen) atoms. The van der Waals surface area contributed by atoms with Gasteiger partial charge >= 0.3 is 0 Å². The lowest BCUT2D eigenvalue weighted by atomic mass is 10.2. The van der Waals surface area contributed by atoms with Crippen LogP contribution >= 0.6 is 0 Å². The van der Waals surface area contributed by atoms with Gasteiger partial charge in [-0.05, 0) is 18.2 Å². The number of ether oxygens (including phenoxy) is 1. The maximum Gasteiger partial charge on any atom is 0.251 e. The van der Waals surface area contributed by atoms with Gasteiger partial charge in [0, 0.05) is 38.6 Å². The summed E-state index contributed by atoms with van der Waals surface area (Å²) in [7, 11) is 1.63. The van der Waals surface area contributed by atoms with Crippen molar-refractivity contribution in [2.45, 2.75) is 6.54 Å². The van der Waals surface area contributed by atoms with Crippen LogP contribution in [-0.4, -0.2) is 58.4 Å². The molecule has 0 aliphatic carbocycles. The number of para-hydroxylation sites is 1. The van der Waals surface area contributed by atoms with Crippen molar-refractivity contribution in [1.29, 1.82) is 0 Å². The van der Waals surface area contributed by atoms with Gasteiger partial charge in [0.1, 0.15) is 5.75 Å². The van der Waals surface area contributed by atoms with Crippen molar-refractivity contribution in [3.8, 4) is 17.2 Å². The summed E-state index contributed by atoms with van der Waals surface area (Å²) in [6, 6.07) is 9.45. The second kappa shape index (κ2) is 7.49. The first kappa shape index (κ1) is 16.5. The van der Waals surface area contributed by atoms with Crippen LogP contribution in [0.3, 0.4) is 0 Å².